The highest BCUT2D eigenvalue weighted by molar-refractivity contribution is 9.09. The molecule has 2 atom stereocenters. The Labute approximate surface area is 108 Å². The predicted octanol–water partition coefficient (Wildman–Crippen LogP) is 2.01. The number of aliphatic hydroxyl groups excluding tert-OH is 3. The zero-order chi connectivity index (χ0) is 12.1. The monoisotopic (exact) mass is 308 g/mol. The van der Waals surface area contributed by atoms with Crippen LogP contribution in [0.3, 0.4) is 0 Å². The van der Waals surface area contributed by atoms with E-state index in [1.807, 2.05) is 0 Å². The van der Waals surface area contributed by atoms with Crippen LogP contribution in [0.4, 0.5) is 0 Å². The molecule has 1 rings (SSSR count). The minimum absolute atomic E-state index is 0.120. The number of halogens is 2. The fourth-order valence-electron chi connectivity index (χ4n) is 1.40. The van der Waals surface area contributed by atoms with Gasteiger partial charge in [0, 0.05) is 15.9 Å². The van der Waals surface area contributed by atoms with E-state index in [0.29, 0.717) is 27.9 Å². The summed E-state index contributed by atoms with van der Waals surface area (Å²) in [6.07, 6.45) is -1.47. The van der Waals surface area contributed by atoms with Crippen LogP contribution in [0, 0.1) is 0 Å². The number of hydrogen-bond donors (Lipinski definition) is 3. The van der Waals surface area contributed by atoms with Crippen LogP contribution < -0.4 is 0 Å². The SMILES string of the molecule is OCc1ccc(Cl)c(C(O)C(O)CCBr)c1. The Hall–Kier alpha value is -0.130. The summed E-state index contributed by atoms with van der Waals surface area (Å²) in [5.41, 5.74) is 1.10. The Morgan fingerprint density at radius 1 is 1.31 bits per heavy atom. The molecule has 3 N–H and O–H groups in total. The summed E-state index contributed by atoms with van der Waals surface area (Å²) in [6.45, 7) is -0.120. The van der Waals surface area contributed by atoms with Crippen molar-refractivity contribution in [2.24, 2.45) is 0 Å². The Balaban J connectivity index is 2.92. The second-order valence-corrected chi connectivity index (χ2v) is 4.70. The highest BCUT2D eigenvalue weighted by Gasteiger charge is 2.20. The van der Waals surface area contributed by atoms with Crippen molar-refractivity contribution in [3.8, 4) is 0 Å². The molecular formula is C11H14BrClO3. The number of hydrogen-bond acceptors (Lipinski definition) is 3. The van der Waals surface area contributed by atoms with Crippen LogP contribution in [0.15, 0.2) is 18.2 Å². The number of aliphatic hydroxyl groups is 3. The standard InChI is InChI=1S/C11H14BrClO3/c12-4-3-10(15)11(16)8-5-7(6-14)1-2-9(8)13/h1-2,5,10-11,14-16H,3-4,6H2. The molecule has 2 unspecified atom stereocenters. The molecule has 0 fully saturated rings. The summed E-state index contributed by atoms with van der Waals surface area (Å²) < 4.78 is 0. The lowest BCUT2D eigenvalue weighted by Crippen LogP contribution is -2.19. The molecule has 0 amide bonds. The molecule has 0 radical (unpaired) electrons. The van der Waals surface area contributed by atoms with Crippen LogP contribution in [0.5, 0.6) is 0 Å². The van der Waals surface area contributed by atoms with E-state index in [-0.39, 0.29) is 6.61 Å². The Kier molecular flexibility index (Phi) is 5.72. The maximum Gasteiger partial charge on any atom is 0.106 e. The van der Waals surface area contributed by atoms with Gasteiger partial charge in [-0.1, -0.05) is 33.6 Å². The second-order valence-electron chi connectivity index (χ2n) is 3.50. The number of rotatable bonds is 5. The second kappa shape index (κ2) is 6.57. The van der Waals surface area contributed by atoms with E-state index in [0.717, 1.165) is 0 Å². The van der Waals surface area contributed by atoms with Crippen LogP contribution in [-0.4, -0.2) is 26.8 Å². The molecule has 0 saturated heterocycles. The van der Waals surface area contributed by atoms with E-state index in [1.54, 1.807) is 18.2 Å². The van der Waals surface area contributed by atoms with Gasteiger partial charge in [-0.15, -0.1) is 0 Å². The van der Waals surface area contributed by atoms with Crippen molar-refractivity contribution in [1.29, 1.82) is 0 Å². The first-order valence-corrected chi connectivity index (χ1v) is 6.41. The quantitative estimate of drug-likeness (QED) is 0.729. The third-order valence-corrected chi connectivity index (χ3v) is 3.13. The predicted molar refractivity (Wildman–Crippen MR) is 66.8 cm³/mol. The van der Waals surface area contributed by atoms with E-state index >= 15 is 0 Å². The third kappa shape index (κ3) is 3.43. The Morgan fingerprint density at radius 2 is 2.00 bits per heavy atom. The molecule has 0 bridgehead atoms. The molecule has 1 aromatic rings. The summed E-state index contributed by atoms with van der Waals surface area (Å²) in [7, 11) is 0. The van der Waals surface area contributed by atoms with Crippen molar-refractivity contribution in [3.63, 3.8) is 0 Å². The van der Waals surface area contributed by atoms with Gasteiger partial charge < -0.3 is 15.3 Å². The smallest absolute Gasteiger partial charge is 0.106 e. The summed E-state index contributed by atoms with van der Waals surface area (Å²) in [4.78, 5) is 0. The first kappa shape index (κ1) is 13.9. The van der Waals surface area contributed by atoms with Gasteiger partial charge in [0.2, 0.25) is 0 Å². The topological polar surface area (TPSA) is 60.7 Å². The van der Waals surface area contributed by atoms with Gasteiger partial charge in [-0.3, -0.25) is 0 Å². The fraction of sp³-hybridized carbons (Fsp3) is 0.455. The molecule has 3 nitrogen and oxygen atoms in total. The molecule has 0 spiro atoms. The zero-order valence-electron chi connectivity index (χ0n) is 8.61. The lowest BCUT2D eigenvalue weighted by atomic mass is 10.0. The molecule has 0 saturated carbocycles. The highest BCUT2D eigenvalue weighted by Crippen LogP contribution is 2.27. The average molecular weight is 310 g/mol. The maximum absolute atomic E-state index is 9.88. The van der Waals surface area contributed by atoms with Gasteiger partial charge in [0.1, 0.15) is 6.10 Å². The highest BCUT2D eigenvalue weighted by atomic mass is 79.9. The largest absolute Gasteiger partial charge is 0.392 e. The van der Waals surface area contributed by atoms with Crippen LogP contribution in [0.1, 0.15) is 23.7 Å². The molecule has 0 aliphatic carbocycles. The van der Waals surface area contributed by atoms with E-state index in [9.17, 15) is 10.2 Å². The first-order chi connectivity index (χ1) is 7.60. The summed E-state index contributed by atoms with van der Waals surface area (Å²) >= 11 is 9.12. The van der Waals surface area contributed by atoms with E-state index in [1.165, 1.54) is 0 Å². The average Bonchev–Trinajstić information content (AvgIpc) is 2.29. The molecule has 16 heavy (non-hydrogen) atoms. The molecule has 0 heterocycles. The summed E-state index contributed by atoms with van der Waals surface area (Å²) in [5, 5.41) is 29.5. The summed E-state index contributed by atoms with van der Waals surface area (Å²) in [5.74, 6) is 0. The Morgan fingerprint density at radius 3 is 2.56 bits per heavy atom. The van der Waals surface area contributed by atoms with Gasteiger partial charge in [0.25, 0.3) is 0 Å². The molecule has 0 aliphatic rings. The molecule has 1 aromatic carbocycles. The first-order valence-electron chi connectivity index (χ1n) is 4.91. The van der Waals surface area contributed by atoms with E-state index < -0.39 is 12.2 Å². The normalized spacial score (nSPS) is 14.8. The lowest BCUT2D eigenvalue weighted by molar-refractivity contribution is 0.0173. The van der Waals surface area contributed by atoms with Crippen LogP contribution in [0.25, 0.3) is 0 Å². The van der Waals surface area contributed by atoms with Gasteiger partial charge in [-0.25, -0.2) is 0 Å². The molecule has 90 valence electrons. The zero-order valence-corrected chi connectivity index (χ0v) is 10.9. The summed E-state index contributed by atoms with van der Waals surface area (Å²) in [6, 6.07) is 4.88. The van der Waals surface area contributed by atoms with E-state index in [4.69, 9.17) is 16.7 Å². The van der Waals surface area contributed by atoms with Crippen molar-refractivity contribution < 1.29 is 15.3 Å². The van der Waals surface area contributed by atoms with Crippen molar-refractivity contribution in [1.82, 2.24) is 0 Å². The molecule has 0 aromatic heterocycles. The fourth-order valence-corrected chi connectivity index (χ4v) is 2.09. The van der Waals surface area contributed by atoms with Crippen LogP contribution >= 0.6 is 27.5 Å². The van der Waals surface area contributed by atoms with Gasteiger partial charge in [-0.05, 0) is 24.1 Å². The van der Waals surface area contributed by atoms with Crippen molar-refractivity contribution >= 4 is 27.5 Å². The van der Waals surface area contributed by atoms with Gasteiger partial charge >= 0.3 is 0 Å². The van der Waals surface area contributed by atoms with Gasteiger partial charge in [0.05, 0.1) is 12.7 Å². The van der Waals surface area contributed by atoms with Crippen molar-refractivity contribution in [3.05, 3.63) is 34.3 Å². The minimum atomic E-state index is -1.03. The number of alkyl halides is 1. The Bertz CT molecular complexity index is 346. The van der Waals surface area contributed by atoms with Crippen molar-refractivity contribution in [2.75, 3.05) is 5.33 Å². The van der Waals surface area contributed by atoms with E-state index in [2.05, 4.69) is 15.9 Å². The van der Waals surface area contributed by atoms with Crippen molar-refractivity contribution in [2.45, 2.75) is 25.2 Å². The molecule has 5 heteroatoms. The van der Waals surface area contributed by atoms with Crippen LogP contribution in [-0.2, 0) is 6.61 Å². The minimum Gasteiger partial charge on any atom is -0.392 e. The maximum atomic E-state index is 9.88. The van der Waals surface area contributed by atoms with Gasteiger partial charge in [-0.2, -0.15) is 0 Å². The number of benzene rings is 1. The molecule has 0 aliphatic heterocycles. The third-order valence-electron chi connectivity index (χ3n) is 2.33. The lowest BCUT2D eigenvalue weighted by Gasteiger charge is -2.19. The van der Waals surface area contributed by atoms with Gasteiger partial charge in [0.15, 0.2) is 0 Å². The van der Waals surface area contributed by atoms with Crippen LogP contribution in [0.2, 0.25) is 5.02 Å². The molecular weight excluding hydrogens is 295 g/mol.